The highest BCUT2D eigenvalue weighted by atomic mass is 79.9. The van der Waals surface area contributed by atoms with Gasteiger partial charge in [0.15, 0.2) is 0 Å². The molecule has 2 rings (SSSR count). The van der Waals surface area contributed by atoms with Gasteiger partial charge in [-0.2, -0.15) is 12.7 Å². The fourth-order valence-corrected chi connectivity index (χ4v) is 5.60. The third kappa shape index (κ3) is 6.59. The molecule has 0 atom stereocenters. The maximum atomic E-state index is 13.3. The van der Waals surface area contributed by atoms with Crippen molar-refractivity contribution >= 4 is 47.4 Å². The lowest BCUT2D eigenvalue weighted by Gasteiger charge is -2.32. The van der Waals surface area contributed by atoms with Crippen LogP contribution in [0.25, 0.3) is 0 Å². The minimum absolute atomic E-state index is 0.0733. The van der Waals surface area contributed by atoms with E-state index < -0.39 is 25.1 Å². The lowest BCUT2D eigenvalue weighted by Crippen LogP contribution is -2.43. The van der Waals surface area contributed by atoms with Crippen LogP contribution in [-0.4, -0.2) is 76.5 Å². The minimum atomic E-state index is -4.03. The Balaban J connectivity index is 2.45. The van der Waals surface area contributed by atoms with Gasteiger partial charge in [0, 0.05) is 49.7 Å². The van der Waals surface area contributed by atoms with Gasteiger partial charge >= 0.3 is 0 Å². The van der Waals surface area contributed by atoms with Crippen LogP contribution in [0.1, 0.15) is 12.8 Å². The van der Waals surface area contributed by atoms with Gasteiger partial charge in [-0.15, -0.1) is 0 Å². The van der Waals surface area contributed by atoms with Crippen molar-refractivity contribution in [3.63, 3.8) is 0 Å². The van der Waals surface area contributed by atoms with Gasteiger partial charge in [0.05, 0.1) is 23.5 Å². The maximum Gasteiger partial charge on any atom is 0.270 e. The first-order valence-corrected chi connectivity index (χ1v) is 13.5. The fourth-order valence-electron chi connectivity index (χ4n) is 3.09. The monoisotopic (exact) mass is 528 g/mol. The average molecular weight is 529 g/mol. The summed E-state index contributed by atoms with van der Waals surface area (Å²) in [6, 6.07) is 3.54. The molecule has 1 aliphatic heterocycles. The van der Waals surface area contributed by atoms with E-state index in [0.29, 0.717) is 24.7 Å². The Labute approximate surface area is 184 Å². The molecule has 1 saturated heterocycles. The number of nitrogens with zero attached hydrogens (tertiary/aromatic N) is 3. The van der Waals surface area contributed by atoms with Crippen molar-refractivity contribution in [2.75, 3.05) is 49.3 Å². The summed E-state index contributed by atoms with van der Waals surface area (Å²) in [6.07, 6.45) is 1.91. The van der Waals surface area contributed by atoms with Crippen LogP contribution < -0.4 is 10.6 Å². The standard InChI is InChI=1S/C16H25BrN4O7S2/c1-29(24,25)28-11-10-19(9-6-17)15-3-2-14(21(22)23)12-16(15)30(26,27)20-7-4-13(18)5-8-20/h2-3,12-13H,4-11,18H2,1H3. The maximum absolute atomic E-state index is 13.3. The van der Waals surface area contributed by atoms with Crippen molar-refractivity contribution in [3.8, 4) is 0 Å². The van der Waals surface area contributed by atoms with Crippen LogP contribution in [0.3, 0.4) is 0 Å². The van der Waals surface area contributed by atoms with Crippen molar-refractivity contribution < 1.29 is 25.9 Å². The number of rotatable bonds is 10. The van der Waals surface area contributed by atoms with Crippen LogP contribution in [0.15, 0.2) is 23.1 Å². The molecule has 0 amide bonds. The van der Waals surface area contributed by atoms with Crippen LogP contribution in [0, 0.1) is 10.1 Å². The Hall–Kier alpha value is -1.32. The summed E-state index contributed by atoms with van der Waals surface area (Å²) >= 11 is 3.29. The van der Waals surface area contributed by atoms with Gasteiger partial charge in [0.2, 0.25) is 10.0 Å². The number of nitrogens with two attached hydrogens (primary N) is 1. The summed E-state index contributed by atoms with van der Waals surface area (Å²) in [7, 11) is -7.69. The van der Waals surface area contributed by atoms with Crippen molar-refractivity contribution in [1.29, 1.82) is 0 Å². The zero-order valence-electron chi connectivity index (χ0n) is 16.4. The van der Waals surface area contributed by atoms with Gasteiger partial charge < -0.3 is 10.6 Å². The van der Waals surface area contributed by atoms with E-state index in [1.807, 2.05) is 0 Å². The van der Waals surface area contributed by atoms with E-state index in [1.165, 1.54) is 16.4 Å². The molecule has 1 fully saturated rings. The van der Waals surface area contributed by atoms with Crippen molar-refractivity contribution in [3.05, 3.63) is 28.3 Å². The molecule has 1 heterocycles. The Morgan fingerprint density at radius 3 is 2.43 bits per heavy atom. The molecule has 170 valence electrons. The van der Waals surface area contributed by atoms with Crippen LogP contribution in [-0.2, 0) is 24.3 Å². The number of hydrogen-bond acceptors (Lipinski definition) is 9. The average Bonchev–Trinajstić information content (AvgIpc) is 2.66. The normalized spacial score (nSPS) is 16.5. The largest absolute Gasteiger partial charge is 0.367 e. The summed E-state index contributed by atoms with van der Waals surface area (Å²) in [5.74, 6) is 0. The van der Waals surface area contributed by atoms with E-state index in [2.05, 4.69) is 15.9 Å². The first-order chi connectivity index (χ1) is 14.0. The highest BCUT2D eigenvalue weighted by Gasteiger charge is 2.32. The number of sulfonamides is 1. The summed E-state index contributed by atoms with van der Waals surface area (Å²) in [5.41, 5.74) is 5.76. The van der Waals surface area contributed by atoms with Crippen molar-refractivity contribution in [1.82, 2.24) is 4.31 Å². The number of hydrogen-bond donors (Lipinski definition) is 1. The van der Waals surface area contributed by atoms with Crippen molar-refractivity contribution in [2.24, 2.45) is 5.73 Å². The van der Waals surface area contributed by atoms with E-state index in [-0.39, 0.29) is 48.6 Å². The van der Waals surface area contributed by atoms with Crippen LogP contribution in [0.5, 0.6) is 0 Å². The quantitative estimate of drug-likeness (QED) is 0.201. The third-order valence-electron chi connectivity index (χ3n) is 4.62. The summed E-state index contributed by atoms with van der Waals surface area (Å²) < 4.78 is 55.2. The molecule has 0 aliphatic carbocycles. The van der Waals surface area contributed by atoms with Gasteiger partial charge in [-0.3, -0.25) is 14.3 Å². The Morgan fingerprint density at radius 2 is 1.90 bits per heavy atom. The number of piperidine rings is 1. The molecule has 11 nitrogen and oxygen atoms in total. The highest BCUT2D eigenvalue weighted by Crippen LogP contribution is 2.33. The molecule has 1 aliphatic rings. The molecule has 14 heteroatoms. The van der Waals surface area contributed by atoms with E-state index in [9.17, 15) is 26.9 Å². The fraction of sp³-hybridized carbons (Fsp3) is 0.625. The van der Waals surface area contributed by atoms with E-state index in [4.69, 9.17) is 9.92 Å². The second kappa shape index (κ2) is 10.3. The number of alkyl halides is 1. The topological polar surface area (TPSA) is 153 Å². The lowest BCUT2D eigenvalue weighted by molar-refractivity contribution is -0.385. The SMILES string of the molecule is CS(=O)(=O)OCCN(CCBr)c1ccc([N+](=O)[O-])cc1S(=O)(=O)N1CCC(N)CC1. The Kier molecular flexibility index (Phi) is 8.59. The van der Waals surface area contributed by atoms with Gasteiger partial charge in [-0.25, -0.2) is 8.42 Å². The Bertz CT molecular complexity index is 964. The van der Waals surface area contributed by atoms with Crippen molar-refractivity contribution in [2.45, 2.75) is 23.8 Å². The number of anilines is 1. The van der Waals surface area contributed by atoms with Gasteiger partial charge in [0.1, 0.15) is 4.90 Å². The number of nitro groups is 1. The molecule has 0 aromatic heterocycles. The molecule has 0 bridgehead atoms. The van der Waals surface area contributed by atoms with Gasteiger partial charge in [-0.1, -0.05) is 15.9 Å². The lowest BCUT2D eigenvalue weighted by atomic mass is 10.1. The molecular weight excluding hydrogens is 504 g/mol. The number of nitro benzene ring substituents is 1. The highest BCUT2D eigenvalue weighted by molar-refractivity contribution is 9.09. The number of non-ortho nitro benzene ring substituents is 1. The first kappa shape index (κ1) is 24.9. The van der Waals surface area contributed by atoms with Crippen LogP contribution in [0.2, 0.25) is 0 Å². The van der Waals surface area contributed by atoms with Crippen LogP contribution in [0.4, 0.5) is 11.4 Å². The van der Waals surface area contributed by atoms with Crippen LogP contribution >= 0.6 is 15.9 Å². The summed E-state index contributed by atoms with van der Waals surface area (Å²) in [5, 5.41) is 11.7. The first-order valence-electron chi connectivity index (χ1n) is 9.15. The number of benzene rings is 1. The molecule has 0 spiro atoms. The van der Waals surface area contributed by atoms with E-state index in [1.54, 1.807) is 4.90 Å². The molecule has 1 aromatic carbocycles. The summed E-state index contributed by atoms with van der Waals surface area (Å²) in [4.78, 5) is 12.0. The summed E-state index contributed by atoms with van der Waals surface area (Å²) in [6.45, 7) is 0.658. The smallest absolute Gasteiger partial charge is 0.270 e. The molecule has 0 saturated carbocycles. The zero-order valence-corrected chi connectivity index (χ0v) is 19.7. The third-order valence-corrected chi connectivity index (χ3v) is 7.50. The van der Waals surface area contributed by atoms with Gasteiger partial charge in [0.25, 0.3) is 15.8 Å². The van der Waals surface area contributed by atoms with E-state index in [0.717, 1.165) is 12.3 Å². The molecule has 2 N–H and O–H groups in total. The zero-order chi connectivity index (χ0) is 22.5. The predicted molar refractivity (Wildman–Crippen MR) is 116 cm³/mol. The molecule has 0 radical (unpaired) electrons. The Morgan fingerprint density at radius 1 is 1.27 bits per heavy atom. The molecule has 0 unspecified atom stereocenters. The number of halogens is 1. The molecular formula is C16H25BrN4O7S2. The molecule has 30 heavy (non-hydrogen) atoms. The van der Waals surface area contributed by atoms with E-state index >= 15 is 0 Å². The minimum Gasteiger partial charge on any atom is -0.367 e. The molecule has 1 aromatic rings. The van der Waals surface area contributed by atoms with Gasteiger partial charge in [-0.05, 0) is 18.9 Å². The second-order valence-corrected chi connectivity index (χ2v) is 11.2. The second-order valence-electron chi connectivity index (χ2n) is 6.85. The predicted octanol–water partition coefficient (Wildman–Crippen LogP) is 0.884.